The lowest BCUT2D eigenvalue weighted by atomic mass is 10.1. The fourth-order valence-corrected chi connectivity index (χ4v) is 3.37. The monoisotopic (exact) mass is 313 g/mol. The van der Waals surface area contributed by atoms with Crippen molar-refractivity contribution in [1.29, 1.82) is 0 Å². The van der Waals surface area contributed by atoms with Crippen molar-refractivity contribution in [2.45, 2.75) is 45.3 Å². The molecule has 3 rings (SSSR count). The number of pyridine rings is 1. The van der Waals surface area contributed by atoms with E-state index < -0.39 is 6.10 Å². The number of anilines is 1. The number of fused-ring (bicyclic) bond motifs is 1. The molecule has 23 heavy (non-hydrogen) atoms. The fourth-order valence-electron chi connectivity index (χ4n) is 3.37. The number of rotatable bonds is 3. The van der Waals surface area contributed by atoms with Crippen LogP contribution in [0.3, 0.4) is 0 Å². The number of nitrogens with zero attached hydrogens (tertiary/aromatic N) is 2. The van der Waals surface area contributed by atoms with Crippen molar-refractivity contribution in [3.05, 3.63) is 36.0 Å². The summed E-state index contributed by atoms with van der Waals surface area (Å²) in [6, 6.07) is 7.91. The maximum absolute atomic E-state index is 12.7. The maximum atomic E-state index is 12.7. The Hall–Kier alpha value is -2.14. The molecule has 1 aliphatic heterocycles. The number of carbonyl (C=O) groups excluding carboxylic acids is 1. The number of aliphatic hydroxyl groups excluding tert-OH is 1. The Bertz CT molecular complexity index is 714. The fraction of sp³-hybridized carbons (Fsp3) is 0.444. The van der Waals surface area contributed by atoms with Crippen molar-refractivity contribution in [2.24, 2.45) is 0 Å². The number of likely N-dealkylation sites (tertiary alicyclic amines) is 1. The van der Waals surface area contributed by atoms with Gasteiger partial charge in [0, 0.05) is 24.2 Å². The third-order valence-corrected chi connectivity index (χ3v) is 4.34. The molecule has 5 nitrogen and oxygen atoms in total. The molecule has 0 radical (unpaired) electrons. The molecule has 0 aliphatic carbocycles. The van der Waals surface area contributed by atoms with Crippen molar-refractivity contribution in [1.82, 2.24) is 9.88 Å². The van der Waals surface area contributed by atoms with E-state index in [0.717, 1.165) is 41.5 Å². The van der Waals surface area contributed by atoms with Gasteiger partial charge in [-0.05, 0) is 56.9 Å². The van der Waals surface area contributed by atoms with E-state index >= 15 is 0 Å². The number of aromatic nitrogens is 1. The first kappa shape index (κ1) is 15.7. The van der Waals surface area contributed by atoms with Gasteiger partial charge in [-0.1, -0.05) is 6.07 Å². The van der Waals surface area contributed by atoms with Gasteiger partial charge >= 0.3 is 6.03 Å². The molecular weight excluding hydrogens is 290 g/mol. The van der Waals surface area contributed by atoms with Crippen molar-refractivity contribution >= 4 is 22.6 Å². The second-order valence-corrected chi connectivity index (χ2v) is 6.39. The van der Waals surface area contributed by atoms with Crippen molar-refractivity contribution in [3.63, 3.8) is 0 Å². The molecular formula is C18H23N3O2. The van der Waals surface area contributed by atoms with E-state index in [9.17, 15) is 9.90 Å². The van der Waals surface area contributed by atoms with Crippen LogP contribution in [0.2, 0.25) is 0 Å². The molecule has 1 aliphatic rings. The summed E-state index contributed by atoms with van der Waals surface area (Å²) in [4.78, 5) is 18.9. The van der Waals surface area contributed by atoms with E-state index in [4.69, 9.17) is 0 Å². The Morgan fingerprint density at radius 3 is 3.13 bits per heavy atom. The number of amides is 2. The third-order valence-electron chi connectivity index (χ3n) is 4.34. The smallest absolute Gasteiger partial charge is 0.322 e. The summed E-state index contributed by atoms with van der Waals surface area (Å²) in [7, 11) is 0. The highest BCUT2D eigenvalue weighted by molar-refractivity contribution is 6.00. The molecule has 2 unspecified atom stereocenters. The van der Waals surface area contributed by atoms with E-state index in [-0.39, 0.29) is 12.1 Å². The summed E-state index contributed by atoms with van der Waals surface area (Å²) in [5.41, 5.74) is 2.63. The van der Waals surface area contributed by atoms with Crippen LogP contribution in [0.5, 0.6) is 0 Å². The highest BCUT2D eigenvalue weighted by Crippen LogP contribution is 2.26. The molecule has 0 bridgehead atoms. The second-order valence-electron chi connectivity index (χ2n) is 6.39. The molecule has 2 aromatic rings. The number of benzene rings is 1. The first-order valence-electron chi connectivity index (χ1n) is 8.15. The number of aliphatic hydroxyl groups is 1. The quantitative estimate of drug-likeness (QED) is 0.913. The normalized spacial score (nSPS) is 19.1. The molecule has 2 N–H and O–H groups in total. The summed E-state index contributed by atoms with van der Waals surface area (Å²) < 4.78 is 0. The van der Waals surface area contributed by atoms with Gasteiger partial charge in [0.25, 0.3) is 0 Å². The van der Waals surface area contributed by atoms with Crippen LogP contribution in [0.25, 0.3) is 10.9 Å². The van der Waals surface area contributed by atoms with Gasteiger partial charge in [0.1, 0.15) is 0 Å². The molecule has 2 atom stereocenters. The number of hydrogen-bond acceptors (Lipinski definition) is 3. The van der Waals surface area contributed by atoms with Crippen LogP contribution >= 0.6 is 0 Å². The Morgan fingerprint density at radius 1 is 1.52 bits per heavy atom. The van der Waals surface area contributed by atoms with Crippen LogP contribution in [0, 0.1) is 6.92 Å². The van der Waals surface area contributed by atoms with Gasteiger partial charge in [-0.25, -0.2) is 4.79 Å². The molecule has 1 aromatic carbocycles. The summed E-state index contributed by atoms with van der Waals surface area (Å²) in [5.74, 6) is 0. The molecule has 0 spiro atoms. The summed E-state index contributed by atoms with van der Waals surface area (Å²) in [6.45, 7) is 4.51. The van der Waals surface area contributed by atoms with Gasteiger partial charge in [0.2, 0.25) is 0 Å². The number of aryl methyl sites for hydroxylation is 1. The standard InChI is InChI=1S/C18H23N3O2/c1-12-9-14-5-3-7-19-17(14)16(10-12)20-18(23)21-8-4-6-15(21)11-13(2)22/h3,5,7,9-10,13,15,22H,4,6,8,11H2,1-2H3,(H,20,23). The van der Waals surface area contributed by atoms with E-state index in [0.29, 0.717) is 6.42 Å². The van der Waals surface area contributed by atoms with Crippen LogP contribution in [-0.4, -0.2) is 39.7 Å². The minimum Gasteiger partial charge on any atom is -0.393 e. The first-order valence-corrected chi connectivity index (χ1v) is 8.15. The molecule has 0 saturated carbocycles. The van der Waals surface area contributed by atoms with E-state index in [1.54, 1.807) is 13.1 Å². The van der Waals surface area contributed by atoms with Gasteiger partial charge in [0.05, 0.1) is 17.3 Å². The number of nitrogens with one attached hydrogen (secondary N) is 1. The van der Waals surface area contributed by atoms with Crippen LogP contribution in [0.4, 0.5) is 10.5 Å². The zero-order valence-electron chi connectivity index (χ0n) is 13.6. The zero-order chi connectivity index (χ0) is 16.4. The van der Waals surface area contributed by atoms with E-state index in [1.807, 2.05) is 30.0 Å². The van der Waals surface area contributed by atoms with Crippen LogP contribution in [0.15, 0.2) is 30.5 Å². The highest BCUT2D eigenvalue weighted by atomic mass is 16.3. The number of urea groups is 1. The topological polar surface area (TPSA) is 65.5 Å². The Kier molecular flexibility index (Phi) is 4.48. The average molecular weight is 313 g/mol. The molecule has 1 aromatic heterocycles. The third kappa shape index (κ3) is 3.45. The Balaban J connectivity index is 1.83. The first-order chi connectivity index (χ1) is 11.0. The van der Waals surface area contributed by atoms with E-state index in [2.05, 4.69) is 16.4 Å². The summed E-state index contributed by atoms with van der Waals surface area (Å²) in [5, 5.41) is 13.6. The maximum Gasteiger partial charge on any atom is 0.322 e. The largest absolute Gasteiger partial charge is 0.393 e. The predicted octanol–water partition coefficient (Wildman–Crippen LogP) is 3.31. The molecule has 122 valence electrons. The summed E-state index contributed by atoms with van der Waals surface area (Å²) >= 11 is 0. The molecule has 5 heteroatoms. The zero-order valence-corrected chi connectivity index (χ0v) is 13.6. The van der Waals surface area contributed by atoms with Crippen molar-refractivity contribution < 1.29 is 9.90 Å². The SMILES string of the molecule is Cc1cc(NC(=O)N2CCCC2CC(C)O)c2ncccc2c1. The van der Waals surface area contributed by atoms with Crippen LogP contribution < -0.4 is 5.32 Å². The van der Waals surface area contributed by atoms with Gasteiger partial charge in [0.15, 0.2) is 0 Å². The lowest BCUT2D eigenvalue weighted by Gasteiger charge is -2.26. The van der Waals surface area contributed by atoms with Crippen molar-refractivity contribution in [2.75, 3.05) is 11.9 Å². The Morgan fingerprint density at radius 2 is 2.35 bits per heavy atom. The van der Waals surface area contributed by atoms with Gasteiger partial charge in [-0.2, -0.15) is 0 Å². The Labute approximate surface area is 136 Å². The van der Waals surface area contributed by atoms with E-state index in [1.165, 1.54) is 0 Å². The summed E-state index contributed by atoms with van der Waals surface area (Å²) in [6.07, 6.45) is 3.90. The molecule has 2 amide bonds. The van der Waals surface area contributed by atoms with Crippen molar-refractivity contribution in [3.8, 4) is 0 Å². The second kappa shape index (κ2) is 6.54. The van der Waals surface area contributed by atoms with Crippen LogP contribution in [0.1, 0.15) is 31.7 Å². The predicted molar refractivity (Wildman–Crippen MR) is 91.5 cm³/mol. The minimum atomic E-state index is -0.394. The lowest BCUT2D eigenvalue weighted by molar-refractivity contribution is 0.142. The minimum absolute atomic E-state index is 0.106. The number of carbonyl (C=O) groups is 1. The van der Waals surface area contributed by atoms with Crippen LogP contribution in [-0.2, 0) is 0 Å². The molecule has 2 heterocycles. The molecule has 1 saturated heterocycles. The lowest BCUT2D eigenvalue weighted by Crippen LogP contribution is -2.40. The van der Waals surface area contributed by atoms with Gasteiger partial charge in [-0.15, -0.1) is 0 Å². The highest BCUT2D eigenvalue weighted by Gasteiger charge is 2.29. The number of hydrogen-bond donors (Lipinski definition) is 2. The molecule has 1 fully saturated rings. The average Bonchev–Trinajstić information content (AvgIpc) is 2.94. The van der Waals surface area contributed by atoms with Gasteiger partial charge in [-0.3, -0.25) is 4.98 Å². The van der Waals surface area contributed by atoms with Gasteiger partial charge < -0.3 is 15.3 Å².